The Hall–Kier alpha value is -6.26. The summed E-state index contributed by atoms with van der Waals surface area (Å²) in [5.74, 6) is 1.52. The molecule has 0 aliphatic rings. The molecular weight excluding hydrogens is 1130 g/mol. The second-order valence-corrected chi connectivity index (χ2v) is 38.5. The SMILES string of the molecule is Cc1c(C(C)(C)C)cc(Cc2ccc(Cc3c(Cc4cc(C(C)(C)C)c(O)c(C(C)(C)C)c4)cc(Cc4cc(C(C)(C)C)c(O)c(C(C)(C)C)c4)cc3Cc3cc(C(C)(C)C)c(O)c(C(C)(C)C)c3)c(Cc3cc(C(C)(C)C)c(O)c(C(C)(C)C)c3)c2)cc1C(C)(C)C. The summed E-state index contributed by atoms with van der Waals surface area (Å²) in [6, 6.07) is 35.3. The largest absolute Gasteiger partial charge is 0.507 e. The Kier molecular flexibility index (Phi) is 20.2. The third-order valence-electron chi connectivity index (χ3n) is 19.4. The molecule has 0 saturated carbocycles. The topological polar surface area (TPSA) is 80.9 Å². The average molecular weight is 1260 g/mol. The summed E-state index contributed by atoms with van der Waals surface area (Å²) in [7, 11) is 0. The summed E-state index contributed by atoms with van der Waals surface area (Å²) >= 11 is 0. The molecule has 4 N–H and O–H groups in total. The maximum atomic E-state index is 12.2. The van der Waals surface area contributed by atoms with Gasteiger partial charge in [0.05, 0.1) is 0 Å². The van der Waals surface area contributed by atoms with Crippen LogP contribution in [-0.4, -0.2) is 20.4 Å². The highest BCUT2D eigenvalue weighted by Crippen LogP contribution is 2.47. The van der Waals surface area contributed by atoms with E-state index < -0.39 is 0 Å². The highest BCUT2D eigenvalue weighted by molar-refractivity contribution is 5.59. The summed E-state index contributed by atoms with van der Waals surface area (Å²) in [6.07, 6.45) is 4.01. The molecule has 0 atom stereocenters. The fraction of sp³-hybridized carbons (Fsp3) is 0.528. The Morgan fingerprint density at radius 3 is 0.645 bits per heavy atom. The van der Waals surface area contributed by atoms with Crippen LogP contribution in [0.5, 0.6) is 23.0 Å². The summed E-state index contributed by atoms with van der Waals surface area (Å²) in [6.45, 7) is 69.1. The first-order valence-electron chi connectivity index (χ1n) is 34.8. The van der Waals surface area contributed by atoms with Gasteiger partial charge in [0.15, 0.2) is 0 Å². The monoisotopic (exact) mass is 1260 g/mol. The number of hydrogen-bond donors (Lipinski definition) is 4. The molecule has 4 nitrogen and oxygen atoms in total. The highest BCUT2D eigenvalue weighted by atomic mass is 16.3. The van der Waals surface area contributed by atoms with Crippen LogP contribution in [0.25, 0.3) is 0 Å². The summed E-state index contributed by atoms with van der Waals surface area (Å²) in [5.41, 5.74) is 23.8. The van der Waals surface area contributed by atoms with Gasteiger partial charge in [-0.25, -0.2) is 0 Å². The van der Waals surface area contributed by atoms with Crippen molar-refractivity contribution in [1.29, 1.82) is 0 Å². The van der Waals surface area contributed by atoms with Gasteiger partial charge in [-0.05, 0) is 228 Å². The molecule has 0 amide bonds. The molecule has 0 spiro atoms. The Labute approximate surface area is 566 Å². The number of benzene rings is 7. The van der Waals surface area contributed by atoms with Crippen LogP contribution in [-0.2, 0) is 92.7 Å². The van der Waals surface area contributed by atoms with E-state index in [0.717, 1.165) is 67.6 Å². The van der Waals surface area contributed by atoms with Gasteiger partial charge in [0.25, 0.3) is 0 Å². The smallest absolute Gasteiger partial charge is 0.123 e. The van der Waals surface area contributed by atoms with E-state index in [-0.39, 0.29) is 54.1 Å². The number of rotatable bonds is 12. The van der Waals surface area contributed by atoms with Crippen molar-refractivity contribution in [3.05, 3.63) is 219 Å². The maximum absolute atomic E-state index is 12.2. The van der Waals surface area contributed by atoms with Crippen molar-refractivity contribution in [2.24, 2.45) is 0 Å². The lowest BCUT2D eigenvalue weighted by Crippen LogP contribution is -2.20. The first kappa shape index (κ1) is 74.1. The van der Waals surface area contributed by atoms with Crippen LogP contribution in [0.4, 0.5) is 0 Å². The molecule has 0 bridgehead atoms. The Morgan fingerprint density at radius 1 is 0.204 bits per heavy atom. The predicted octanol–water partition coefficient (Wildman–Crippen LogP) is 23.3. The molecule has 7 aromatic rings. The molecule has 0 heterocycles. The lowest BCUT2D eigenvalue weighted by atomic mass is 9.75. The number of hydrogen-bond acceptors (Lipinski definition) is 4. The van der Waals surface area contributed by atoms with Crippen molar-refractivity contribution < 1.29 is 20.4 Å². The first-order chi connectivity index (χ1) is 41.9. The Bertz CT molecular complexity index is 3630. The van der Waals surface area contributed by atoms with E-state index in [4.69, 9.17) is 0 Å². The molecule has 93 heavy (non-hydrogen) atoms. The molecule has 0 aliphatic heterocycles. The zero-order valence-corrected chi connectivity index (χ0v) is 64.2. The van der Waals surface area contributed by atoms with Gasteiger partial charge in [0, 0.05) is 0 Å². The van der Waals surface area contributed by atoms with Crippen LogP contribution in [0, 0.1) is 6.92 Å². The normalized spacial score (nSPS) is 13.5. The highest BCUT2D eigenvalue weighted by Gasteiger charge is 2.33. The van der Waals surface area contributed by atoms with Gasteiger partial charge < -0.3 is 20.4 Å². The van der Waals surface area contributed by atoms with Gasteiger partial charge in [-0.1, -0.05) is 299 Å². The maximum Gasteiger partial charge on any atom is 0.123 e. The second-order valence-electron chi connectivity index (χ2n) is 38.5. The van der Waals surface area contributed by atoms with E-state index in [0.29, 0.717) is 55.1 Å². The lowest BCUT2D eigenvalue weighted by Gasteiger charge is -2.30. The van der Waals surface area contributed by atoms with Crippen molar-refractivity contribution >= 4 is 0 Å². The summed E-state index contributed by atoms with van der Waals surface area (Å²) in [4.78, 5) is 0. The van der Waals surface area contributed by atoms with Gasteiger partial charge in [-0.15, -0.1) is 0 Å². The minimum Gasteiger partial charge on any atom is -0.507 e. The van der Waals surface area contributed by atoms with Crippen molar-refractivity contribution in [3.63, 3.8) is 0 Å². The molecule has 0 aliphatic carbocycles. The van der Waals surface area contributed by atoms with Crippen LogP contribution in [0.15, 0.2) is 91.0 Å². The fourth-order valence-electron chi connectivity index (χ4n) is 14.2. The lowest BCUT2D eigenvalue weighted by molar-refractivity contribution is 0.422. The first-order valence-corrected chi connectivity index (χ1v) is 34.8. The Balaban J connectivity index is 1.63. The molecule has 504 valence electrons. The molecular formula is C89H124O4. The predicted molar refractivity (Wildman–Crippen MR) is 400 cm³/mol. The van der Waals surface area contributed by atoms with Crippen LogP contribution < -0.4 is 0 Å². The van der Waals surface area contributed by atoms with Crippen molar-refractivity contribution in [2.45, 2.75) is 307 Å². The second kappa shape index (κ2) is 25.4. The fourth-order valence-corrected chi connectivity index (χ4v) is 14.2. The molecule has 0 fully saturated rings. The number of aromatic hydroxyl groups is 4. The zero-order chi connectivity index (χ0) is 70.4. The number of phenols is 4. The van der Waals surface area contributed by atoms with Gasteiger partial charge >= 0.3 is 0 Å². The van der Waals surface area contributed by atoms with Gasteiger partial charge in [-0.3, -0.25) is 0 Å². The van der Waals surface area contributed by atoms with Crippen molar-refractivity contribution in [2.75, 3.05) is 0 Å². The molecule has 0 saturated heterocycles. The van der Waals surface area contributed by atoms with Gasteiger partial charge in [0.2, 0.25) is 0 Å². The Morgan fingerprint density at radius 2 is 0.398 bits per heavy atom. The molecule has 0 aromatic heterocycles. The molecule has 7 aromatic carbocycles. The minimum atomic E-state index is -0.329. The number of phenolic OH excluding ortho intramolecular Hbond substituents is 4. The molecule has 7 rings (SSSR count). The summed E-state index contributed by atoms with van der Waals surface area (Å²) < 4.78 is 0. The van der Waals surface area contributed by atoms with Crippen LogP contribution in [0.2, 0.25) is 0 Å². The quantitative estimate of drug-likeness (QED) is 0.0983. The van der Waals surface area contributed by atoms with Crippen LogP contribution >= 0.6 is 0 Å². The van der Waals surface area contributed by atoms with Gasteiger partial charge in [-0.2, -0.15) is 0 Å². The minimum absolute atomic E-state index is 0.0330. The molecule has 4 heteroatoms. The summed E-state index contributed by atoms with van der Waals surface area (Å²) in [5, 5.41) is 48.7. The van der Waals surface area contributed by atoms with E-state index in [9.17, 15) is 20.4 Å². The van der Waals surface area contributed by atoms with Crippen molar-refractivity contribution in [3.8, 4) is 23.0 Å². The molecule has 0 unspecified atom stereocenters. The van der Waals surface area contributed by atoms with Crippen molar-refractivity contribution in [1.82, 2.24) is 0 Å². The van der Waals surface area contributed by atoms with Crippen LogP contribution in [0.1, 0.15) is 336 Å². The standard InChI is InChI=1S/C89H124O4/c1-53-66(80(2,3)4)42-56(43-67(53)81(5,6)7)34-54-32-33-61(62(36-54)37-58-46-70(84(14,15)16)77(91)71(47-58)85(17,18)19)52-65-63(40-59-48-72(86(20,21)22)78(92)73(49-59)87(23,24)25)38-55(35-57-44-68(82(8,9)10)76(90)69(45-57)83(11,12)13)39-64(65)41-60-50-74(88(26,27)28)79(93)75(51-60)89(29,30)31/h32-33,36,38-39,42-51,90-93H,34-35,37,40-41,52H2,1-31H3. The van der Waals surface area contributed by atoms with E-state index in [1.165, 1.54) is 66.8 Å². The third kappa shape index (κ3) is 17.2. The van der Waals surface area contributed by atoms with Crippen LogP contribution in [0.3, 0.4) is 0 Å². The molecule has 0 radical (unpaired) electrons. The zero-order valence-electron chi connectivity index (χ0n) is 64.2. The van der Waals surface area contributed by atoms with E-state index in [1.807, 2.05) is 0 Å². The van der Waals surface area contributed by atoms with E-state index in [1.54, 1.807) is 0 Å². The third-order valence-corrected chi connectivity index (χ3v) is 19.4. The van der Waals surface area contributed by atoms with Gasteiger partial charge in [0.1, 0.15) is 23.0 Å². The average Bonchev–Trinajstić information content (AvgIpc) is 0.794. The van der Waals surface area contributed by atoms with E-state index >= 15 is 0 Å². The van der Waals surface area contributed by atoms with E-state index in [2.05, 4.69) is 306 Å².